The van der Waals surface area contributed by atoms with E-state index in [4.69, 9.17) is 34.4 Å². The second-order valence-corrected chi connectivity index (χ2v) is 7.01. The van der Waals surface area contributed by atoms with E-state index in [2.05, 4.69) is 23.5 Å². The van der Waals surface area contributed by atoms with E-state index < -0.39 is 50.2 Å². The Hall–Kier alpha value is -2.67. The first-order chi connectivity index (χ1) is 16.4. The van der Waals surface area contributed by atoms with Gasteiger partial charge in [-0.15, -0.1) is 0 Å². The molecule has 16 heteroatoms. The SMILES string of the molecule is C=C(C)C(=O)OC(CN(CO)C1(OC)N(OC)C(N)=NC(NCO)(OC)N1OC)OC(=O)C(=C)C. The van der Waals surface area contributed by atoms with Gasteiger partial charge in [-0.25, -0.2) is 19.8 Å². The Kier molecular flexibility index (Phi) is 11.2. The quantitative estimate of drug-likeness (QED) is 0.114. The van der Waals surface area contributed by atoms with Crippen LogP contribution in [0.2, 0.25) is 0 Å². The van der Waals surface area contributed by atoms with Gasteiger partial charge < -0.3 is 34.9 Å². The second kappa shape index (κ2) is 12.9. The molecule has 0 saturated heterocycles. The molecule has 0 amide bonds. The van der Waals surface area contributed by atoms with Crippen molar-refractivity contribution in [2.24, 2.45) is 10.7 Å². The molecule has 200 valence electrons. The van der Waals surface area contributed by atoms with Crippen molar-refractivity contribution in [3.63, 3.8) is 0 Å². The molecule has 1 aliphatic heterocycles. The molecule has 2 unspecified atom stereocenters. The van der Waals surface area contributed by atoms with Crippen LogP contribution in [0, 0.1) is 0 Å². The standard InChI is InChI=1S/C19H34N6O10/c1-12(2)15(28)34-14(35-16(29)13(3)4)9-23(11-27)19(31-6)24(32-7)17(20)22-18(30-5,21-10-26)25(19)33-8/h14,21,26-27H,1,3,9-11H2,2,4-8H3,(H2,20,22). The van der Waals surface area contributed by atoms with Gasteiger partial charge in [0.05, 0.1) is 27.5 Å². The Balaban J connectivity index is 3.66. The zero-order chi connectivity index (χ0) is 27.0. The summed E-state index contributed by atoms with van der Waals surface area (Å²) in [6.07, 6.45) is -1.61. The smallest absolute Gasteiger partial charge is 0.336 e. The maximum atomic E-state index is 12.2. The van der Waals surface area contributed by atoms with Crippen LogP contribution in [-0.4, -0.2) is 110 Å². The van der Waals surface area contributed by atoms with E-state index in [9.17, 15) is 19.8 Å². The number of esters is 2. The third kappa shape index (κ3) is 6.13. The Morgan fingerprint density at radius 1 is 1.09 bits per heavy atom. The number of rotatable bonds is 14. The Morgan fingerprint density at radius 2 is 1.63 bits per heavy atom. The van der Waals surface area contributed by atoms with Crippen LogP contribution in [-0.2, 0) is 38.2 Å². The molecule has 0 radical (unpaired) electrons. The van der Waals surface area contributed by atoms with E-state index in [1.54, 1.807) is 0 Å². The van der Waals surface area contributed by atoms with Crippen molar-refractivity contribution in [3.8, 4) is 0 Å². The lowest BCUT2D eigenvalue weighted by Crippen LogP contribution is -2.82. The number of nitrogens with zero attached hydrogens (tertiary/aromatic N) is 4. The zero-order valence-corrected chi connectivity index (χ0v) is 20.6. The lowest BCUT2D eigenvalue weighted by Gasteiger charge is -2.57. The minimum Gasteiger partial charge on any atom is -0.420 e. The third-order valence-electron chi connectivity index (χ3n) is 4.64. The number of hydrogen-bond acceptors (Lipinski definition) is 16. The lowest BCUT2D eigenvalue weighted by molar-refractivity contribution is -0.503. The van der Waals surface area contributed by atoms with Crippen LogP contribution in [0.1, 0.15) is 13.8 Å². The van der Waals surface area contributed by atoms with Gasteiger partial charge in [-0.05, 0) is 13.8 Å². The summed E-state index contributed by atoms with van der Waals surface area (Å²) in [4.78, 5) is 40.4. The molecular formula is C19H34N6O10. The number of ether oxygens (including phenoxy) is 4. The minimum absolute atomic E-state index is 0.0232. The van der Waals surface area contributed by atoms with Gasteiger partial charge in [0.25, 0.3) is 6.29 Å². The molecule has 0 fully saturated rings. The van der Waals surface area contributed by atoms with Crippen molar-refractivity contribution in [2.75, 3.05) is 48.4 Å². The molecule has 0 spiro atoms. The van der Waals surface area contributed by atoms with Gasteiger partial charge in [0.1, 0.15) is 6.73 Å². The molecule has 0 aromatic rings. The van der Waals surface area contributed by atoms with E-state index >= 15 is 0 Å². The van der Waals surface area contributed by atoms with E-state index in [1.165, 1.54) is 42.3 Å². The van der Waals surface area contributed by atoms with Crippen molar-refractivity contribution in [2.45, 2.75) is 32.1 Å². The highest BCUT2D eigenvalue weighted by molar-refractivity contribution is 5.88. The van der Waals surface area contributed by atoms with E-state index in [-0.39, 0.29) is 17.1 Å². The maximum absolute atomic E-state index is 12.2. The largest absolute Gasteiger partial charge is 0.420 e. The van der Waals surface area contributed by atoms with Gasteiger partial charge in [0.15, 0.2) is 0 Å². The first kappa shape index (κ1) is 30.4. The van der Waals surface area contributed by atoms with Crippen LogP contribution in [0.4, 0.5) is 0 Å². The fraction of sp³-hybridized carbons (Fsp3) is 0.632. The van der Waals surface area contributed by atoms with Crippen LogP contribution < -0.4 is 11.1 Å². The fourth-order valence-electron chi connectivity index (χ4n) is 3.08. The van der Waals surface area contributed by atoms with Gasteiger partial charge in [-0.2, -0.15) is 10.1 Å². The first-order valence-corrected chi connectivity index (χ1v) is 10.0. The van der Waals surface area contributed by atoms with E-state index in [0.717, 1.165) is 15.0 Å². The number of carbonyl (C=O) groups is 2. The van der Waals surface area contributed by atoms with Crippen LogP contribution in [0.15, 0.2) is 29.3 Å². The Morgan fingerprint density at radius 3 is 1.97 bits per heavy atom. The molecule has 16 nitrogen and oxygen atoms in total. The summed E-state index contributed by atoms with van der Waals surface area (Å²) < 4.78 is 21.6. The number of nitrogens with one attached hydrogen (secondary N) is 1. The summed E-state index contributed by atoms with van der Waals surface area (Å²) >= 11 is 0. The van der Waals surface area contributed by atoms with E-state index in [0.29, 0.717) is 0 Å². The third-order valence-corrected chi connectivity index (χ3v) is 4.64. The number of nitrogens with two attached hydrogens (primary N) is 1. The number of aliphatic hydroxyl groups excluding tert-OH is 2. The molecule has 1 rings (SSSR count). The summed E-state index contributed by atoms with van der Waals surface area (Å²) in [5.41, 5.74) is 6.13. The normalized spacial score (nSPS) is 22.8. The number of aliphatic imine (C=N–C) groups is 1. The average molecular weight is 507 g/mol. The van der Waals surface area contributed by atoms with Crippen molar-refractivity contribution < 1.29 is 48.4 Å². The highest BCUT2D eigenvalue weighted by Gasteiger charge is 2.64. The predicted molar refractivity (Wildman–Crippen MR) is 118 cm³/mol. The molecule has 0 bridgehead atoms. The van der Waals surface area contributed by atoms with Gasteiger partial charge >= 0.3 is 23.9 Å². The number of hydrogen-bond donors (Lipinski definition) is 4. The summed E-state index contributed by atoms with van der Waals surface area (Å²) in [7, 11) is 4.86. The molecule has 1 aliphatic rings. The number of carbonyl (C=O) groups excluding carboxylic acids is 2. The molecule has 0 aliphatic carbocycles. The number of guanidine groups is 1. The Bertz CT molecular complexity index is 798. The predicted octanol–water partition coefficient (Wildman–Crippen LogP) is -2.09. The highest BCUT2D eigenvalue weighted by Crippen LogP contribution is 2.37. The van der Waals surface area contributed by atoms with Crippen LogP contribution >= 0.6 is 0 Å². The Labute approximate surface area is 202 Å². The molecule has 1 heterocycles. The monoisotopic (exact) mass is 506 g/mol. The lowest BCUT2D eigenvalue weighted by atomic mass is 10.3. The van der Waals surface area contributed by atoms with Crippen molar-refractivity contribution in [1.29, 1.82) is 0 Å². The fourth-order valence-corrected chi connectivity index (χ4v) is 3.08. The van der Waals surface area contributed by atoms with Crippen molar-refractivity contribution in [3.05, 3.63) is 24.3 Å². The average Bonchev–Trinajstić information content (AvgIpc) is 2.81. The van der Waals surface area contributed by atoms with Crippen molar-refractivity contribution >= 4 is 17.9 Å². The zero-order valence-electron chi connectivity index (χ0n) is 20.6. The number of hydroxylamine groups is 4. The van der Waals surface area contributed by atoms with Crippen LogP contribution in [0.3, 0.4) is 0 Å². The summed E-state index contributed by atoms with van der Waals surface area (Å²) in [6.45, 7) is 7.74. The van der Waals surface area contributed by atoms with Gasteiger partial charge in [-0.3, -0.25) is 9.68 Å². The highest BCUT2D eigenvalue weighted by atomic mass is 16.8. The molecule has 2 atom stereocenters. The summed E-state index contributed by atoms with van der Waals surface area (Å²) in [5.74, 6) is -6.27. The number of methoxy groups -OCH3 is 2. The maximum Gasteiger partial charge on any atom is 0.336 e. The topological polar surface area (TPSA) is 190 Å². The first-order valence-electron chi connectivity index (χ1n) is 10.0. The van der Waals surface area contributed by atoms with Gasteiger partial charge in [0.2, 0.25) is 5.96 Å². The molecule has 0 aromatic carbocycles. The summed E-state index contributed by atoms with van der Waals surface area (Å²) in [6, 6.07) is 0. The van der Waals surface area contributed by atoms with Gasteiger partial charge in [-0.1, -0.05) is 18.2 Å². The molecular weight excluding hydrogens is 472 g/mol. The second-order valence-electron chi connectivity index (χ2n) is 7.01. The minimum atomic E-state index is -2.16. The van der Waals surface area contributed by atoms with Crippen LogP contribution in [0.5, 0.6) is 0 Å². The molecule has 5 N–H and O–H groups in total. The van der Waals surface area contributed by atoms with Crippen LogP contribution in [0.25, 0.3) is 0 Å². The van der Waals surface area contributed by atoms with E-state index in [1.807, 2.05) is 0 Å². The molecule has 0 saturated carbocycles. The molecule has 35 heavy (non-hydrogen) atoms. The molecule has 0 aromatic heterocycles. The van der Waals surface area contributed by atoms with Crippen molar-refractivity contribution in [1.82, 2.24) is 20.3 Å². The van der Waals surface area contributed by atoms with Gasteiger partial charge in [0, 0.05) is 25.4 Å². The summed E-state index contributed by atoms with van der Waals surface area (Å²) in [5, 5.41) is 24.3. The number of aliphatic hydroxyl groups is 2.